The number of methoxy groups -OCH3 is 1. The Morgan fingerprint density at radius 3 is 2.67 bits per heavy atom. The van der Waals surface area contributed by atoms with Crippen LogP contribution in [-0.4, -0.2) is 32.4 Å². The molecule has 4 rings (SSSR count). The lowest BCUT2D eigenvalue weighted by atomic mass is 10.1. The summed E-state index contributed by atoms with van der Waals surface area (Å²) in [6, 6.07) is 8.69. The van der Waals surface area contributed by atoms with Gasteiger partial charge in [-0.25, -0.2) is 9.97 Å². The maximum Gasteiger partial charge on any atom is 0.433 e. The van der Waals surface area contributed by atoms with Crippen molar-refractivity contribution in [2.24, 2.45) is 0 Å². The molecule has 3 aromatic heterocycles. The zero-order valence-corrected chi connectivity index (χ0v) is 15.5. The number of anilines is 1. The maximum absolute atomic E-state index is 12.7. The molecule has 7 nitrogen and oxygen atoms in total. The van der Waals surface area contributed by atoms with Crippen molar-refractivity contribution in [1.29, 1.82) is 0 Å². The van der Waals surface area contributed by atoms with Gasteiger partial charge in [-0.1, -0.05) is 0 Å². The molecule has 1 amide bonds. The summed E-state index contributed by atoms with van der Waals surface area (Å²) in [6.07, 6.45) is 1.53. The number of amides is 1. The second-order valence-electron chi connectivity index (χ2n) is 6.25. The van der Waals surface area contributed by atoms with Crippen LogP contribution in [0.5, 0.6) is 5.75 Å². The Balaban J connectivity index is 1.63. The number of fused-ring (bicyclic) bond motifs is 1. The number of aromatic nitrogens is 4. The van der Waals surface area contributed by atoms with Crippen LogP contribution in [0.3, 0.4) is 0 Å². The molecule has 0 aliphatic heterocycles. The molecule has 0 fully saturated rings. The van der Waals surface area contributed by atoms with Gasteiger partial charge in [0.2, 0.25) is 5.78 Å². The molecule has 0 spiro atoms. The van der Waals surface area contributed by atoms with E-state index in [2.05, 4.69) is 20.3 Å². The lowest BCUT2D eigenvalue weighted by molar-refractivity contribution is -0.141. The third-order valence-corrected chi connectivity index (χ3v) is 4.30. The van der Waals surface area contributed by atoms with Crippen LogP contribution in [0.1, 0.15) is 16.1 Å². The Bertz CT molecular complexity index is 1190. The van der Waals surface area contributed by atoms with E-state index in [4.69, 9.17) is 4.74 Å². The number of nitrogens with one attached hydrogen (secondary N) is 1. The Morgan fingerprint density at radius 1 is 1.17 bits per heavy atom. The van der Waals surface area contributed by atoms with Crippen molar-refractivity contribution >= 4 is 17.4 Å². The summed E-state index contributed by atoms with van der Waals surface area (Å²) in [5, 5.41) is 2.64. The van der Waals surface area contributed by atoms with E-state index < -0.39 is 17.8 Å². The molecular weight excluding hydrogens is 399 g/mol. The van der Waals surface area contributed by atoms with E-state index in [1.165, 1.54) is 7.11 Å². The van der Waals surface area contributed by atoms with Crippen molar-refractivity contribution in [2.75, 3.05) is 12.4 Å². The van der Waals surface area contributed by atoms with Gasteiger partial charge in [0.15, 0.2) is 0 Å². The number of carbonyl (C=O) groups is 1. The molecule has 0 aliphatic rings. The Kier molecular flexibility index (Phi) is 4.82. The predicted octanol–water partition coefficient (Wildman–Crippen LogP) is 4.07. The van der Waals surface area contributed by atoms with E-state index in [1.54, 1.807) is 41.1 Å². The number of benzene rings is 1. The first kappa shape index (κ1) is 19.4. The molecule has 152 valence electrons. The number of pyridine rings is 1. The van der Waals surface area contributed by atoms with Crippen LogP contribution in [0.15, 0.2) is 61.2 Å². The van der Waals surface area contributed by atoms with E-state index in [1.807, 2.05) is 6.20 Å². The fourth-order valence-corrected chi connectivity index (χ4v) is 2.82. The first-order chi connectivity index (χ1) is 14.3. The Morgan fingerprint density at radius 2 is 2.00 bits per heavy atom. The summed E-state index contributed by atoms with van der Waals surface area (Å²) in [4.78, 5) is 24.4. The van der Waals surface area contributed by atoms with Crippen LogP contribution >= 0.6 is 0 Å². The highest BCUT2D eigenvalue weighted by molar-refractivity contribution is 6.05. The monoisotopic (exact) mass is 413 g/mol. The number of rotatable bonds is 4. The maximum atomic E-state index is 12.7. The average Bonchev–Trinajstić information content (AvgIpc) is 3.17. The summed E-state index contributed by atoms with van der Waals surface area (Å²) in [7, 11) is 1.44. The number of imidazole rings is 1. The van der Waals surface area contributed by atoms with Gasteiger partial charge in [-0.05, 0) is 36.4 Å². The molecule has 0 aliphatic carbocycles. The van der Waals surface area contributed by atoms with Crippen LogP contribution in [0.4, 0.5) is 18.9 Å². The number of carbonyl (C=O) groups excluding carboxylic acids is 1. The summed E-state index contributed by atoms with van der Waals surface area (Å²) < 4.78 is 45.0. The van der Waals surface area contributed by atoms with Crippen LogP contribution in [0, 0.1) is 0 Å². The molecule has 4 aromatic rings. The fraction of sp³-hybridized carbons (Fsp3) is 0.100. The van der Waals surface area contributed by atoms with Crippen molar-refractivity contribution in [3.8, 4) is 17.0 Å². The second-order valence-corrected chi connectivity index (χ2v) is 6.25. The lowest BCUT2D eigenvalue weighted by Crippen LogP contribution is -2.14. The van der Waals surface area contributed by atoms with Crippen LogP contribution in [0.25, 0.3) is 17.0 Å². The zero-order chi connectivity index (χ0) is 21.3. The molecule has 1 aromatic carbocycles. The largest absolute Gasteiger partial charge is 0.495 e. The van der Waals surface area contributed by atoms with E-state index in [-0.39, 0.29) is 5.56 Å². The number of alkyl halides is 3. The Labute approximate surface area is 168 Å². The number of hydrogen-bond donors (Lipinski definition) is 1. The van der Waals surface area contributed by atoms with Crippen LogP contribution < -0.4 is 10.1 Å². The molecule has 0 unspecified atom stereocenters. The quantitative estimate of drug-likeness (QED) is 0.546. The molecule has 30 heavy (non-hydrogen) atoms. The predicted molar refractivity (Wildman–Crippen MR) is 102 cm³/mol. The van der Waals surface area contributed by atoms with E-state index in [9.17, 15) is 18.0 Å². The van der Waals surface area contributed by atoms with E-state index in [0.717, 1.165) is 18.3 Å². The van der Waals surface area contributed by atoms with Crippen molar-refractivity contribution in [2.45, 2.75) is 6.18 Å². The summed E-state index contributed by atoms with van der Waals surface area (Å²) >= 11 is 0. The zero-order valence-electron chi connectivity index (χ0n) is 15.5. The number of nitrogens with zero attached hydrogens (tertiary/aromatic N) is 4. The highest BCUT2D eigenvalue weighted by atomic mass is 19.4. The van der Waals surface area contributed by atoms with Gasteiger partial charge in [-0.15, -0.1) is 0 Å². The molecule has 10 heteroatoms. The van der Waals surface area contributed by atoms with E-state index >= 15 is 0 Å². The van der Waals surface area contributed by atoms with Crippen molar-refractivity contribution in [1.82, 2.24) is 19.4 Å². The average molecular weight is 413 g/mol. The molecule has 0 saturated heterocycles. The lowest BCUT2D eigenvalue weighted by Gasteiger charge is -2.12. The molecule has 0 atom stereocenters. The van der Waals surface area contributed by atoms with Gasteiger partial charge in [-0.3, -0.25) is 14.2 Å². The number of hydrogen-bond acceptors (Lipinski definition) is 5. The first-order valence-corrected chi connectivity index (χ1v) is 8.68. The molecule has 1 N–H and O–H groups in total. The fourth-order valence-electron chi connectivity index (χ4n) is 2.82. The van der Waals surface area contributed by atoms with Crippen molar-refractivity contribution in [3.63, 3.8) is 0 Å². The van der Waals surface area contributed by atoms with Crippen molar-refractivity contribution < 1.29 is 22.7 Å². The van der Waals surface area contributed by atoms with Gasteiger partial charge in [0, 0.05) is 30.4 Å². The summed E-state index contributed by atoms with van der Waals surface area (Å²) in [5.74, 6) is 0.280. The molecule has 0 bridgehead atoms. The molecule has 3 heterocycles. The van der Waals surface area contributed by atoms with Gasteiger partial charge in [0.1, 0.15) is 11.4 Å². The normalized spacial score (nSPS) is 11.5. The summed E-state index contributed by atoms with van der Waals surface area (Å²) in [6.45, 7) is 0. The summed E-state index contributed by atoms with van der Waals surface area (Å²) in [5.41, 5.74) is 0.571. The number of ether oxygens (including phenoxy) is 1. The third kappa shape index (κ3) is 3.79. The topological polar surface area (TPSA) is 81.4 Å². The van der Waals surface area contributed by atoms with E-state index in [0.29, 0.717) is 28.5 Å². The van der Waals surface area contributed by atoms with Gasteiger partial charge in [0.25, 0.3) is 5.91 Å². The minimum absolute atomic E-state index is 0.0209. The minimum Gasteiger partial charge on any atom is -0.495 e. The standard InChI is InChI=1S/C20H14F3N5O2/c1-30-16-5-3-12(15-11-28-8-2-7-24-19(28)27-15)9-14(16)26-18(29)13-4-6-17(25-10-13)20(21,22)23/h2-11H,1H3,(H,26,29). The number of halogens is 3. The van der Waals surface area contributed by atoms with Gasteiger partial charge >= 0.3 is 6.18 Å². The highest BCUT2D eigenvalue weighted by Gasteiger charge is 2.32. The SMILES string of the molecule is COc1ccc(-c2cn3cccnc3n2)cc1NC(=O)c1ccc(C(F)(F)F)nc1. The molecule has 0 radical (unpaired) electrons. The Hall–Kier alpha value is -3.95. The van der Waals surface area contributed by atoms with Crippen LogP contribution in [0.2, 0.25) is 0 Å². The minimum atomic E-state index is -4.57. The second kappa shape index (κ2) is 7.47. The van der Waals surface area contributed by atoms with Crippen molar-refractivity contribution in [3.05, 3.63) is 72.4 Å². The molecular formula is C20H14F3N5O2. The third-order valence-electron chi connectivity index (χ3n) is 4.30. The van der Waals surface area contributed by atoms with Gasteiger partial charge < -0.3 is 10.1 Å². The highest BCUT2D eigenvalue weighted by Crippen LogP contribution is 2.31. The first-order valence-electron chi connectivity index (χ1n) is 8.68. The molecule has 0 saturated carbocycles. The smallest absolute Gasteiger partial charge is 0.433 e. The van der Waals surface area contributed by atoms with Gasteiger partial charge in [-0.2, -0.15) is 13.2 Å². The van der Waals surface area contributed by atoms with Gasteiger partial charge in [0.05, 0.1) is 24.1 Å². The van der Waals surface area contributed by atoms with Crippen LogP contribution in [-0.2, 0) is 6.18 Å².